The number of para-hydroxylation sites is 1. The quantitative estimate of drug-likeness (QED) is 0.643. The number of halogens is 3. The molecule has 1 fully saturated rings. The molecule has 152 valence electrons. The fourth-order valence-corrected chi connectivity index (χ4v) is 4.68. The van der Waals surface area contributed by atoms with Crippen molar-refractivity contribution < 1.29 is 17.9 Å². The van der Waals surface area contributed by atoms with Gasteiger partial charge in [-0.1, -0.05) is 25.1 Å². The molecule has 3 aromatic rings. The molecule has 0 radical (unpaired) electrons. The fraction of sp³-hybridized carbons (Fsp3) is 0.429. The predicted molar refractivity (Wildman–Crippen MR) is 102 cm³/mol. The first-order valence-corrected chi connectivity index (χ1v) is 9.84. The van der Waals surface area contributed by atoms with E-state index in [1.165, 1.54) is 9.96 Å². The number of alkyl halides is 3. The summed E-state index contributed by atoms with van der Waals surface area (Å²) in [6.45, 7) is 3.51. The highest BCUT2D eigenvalue weighted by atomic mass is 19.4. The molecule has 2 aliphatic rings. The van der Waals surface area contributed by atoms with Gasteiger partial charge >= 0.3 is 6.18 Å². The van der Waals surface area contributed by atoms with Crippen LogP contribution in [0.5, 0.6) is 5.75 Å². The maximum absolute atomic E-state index is 14.0. The van der Waals surface area contributed by atoms with Gasteiger partial charge in [-0.15, -0.1) is 10.2 Å². The molecule has 1 saturated heterocycles. The summed E-state index contributed by atoms with van der Waals surface area (Å²) in [5.74, 6) is 1.42. The highest BCUT2D eigenvalue weighted by molar-refractivity contribution is 5.67. The fourth-order valence-electron chi connectivity index (χ4n) is 4.68. The summed E-state index contributed by atoms with van der Waals surface area (Å²) in [6.07, 6.45) is -0.840. The number of hydrogen-bond donors (Lipinski definition) is 0. The Bertz CT molecular complexity index is 1070. The Morgan fingerprint density at radius 3 is 2.59 bits per heavy atom. The summed E-state index contributed by atoms with van der Waals surface area (Å²) in [5, 5.41) is 7.79. The van der Waals surface area contributed by atoms with Crippen LogP contribution in [0.2, 0.25) is 0 Å². The molecule has 0 saturated carbocycles. The molecule has 5 rings (SSSR count). The molecule has 5 nitrogen and oxygen atoms in total. The van der Waals surface area contributed by atoms with E-state index in [1.807, 2.05) is 30.0 Å². The predicted octanol–water partition coefficient (Wildman–Crippen LogP) is 4.24. The van der Waals surface area contributed by atoms with E-state index in [0.717, 1.165) is 18.6 Å². The number of ether oxygens (including phenoxy) is 1. The zero-order valence-corrected chi connectivity index (χ0v) is 16.0. The highest BCUT2D eigenvalue weighted by Crippen LogP contribution is 2.47. The lowest BCUT2D eigenvalue weighted by Crippen LogP contribution is -2.44. The Hall–Kier alpha value is -2.77. The number of fused-ring (bicyclic) bond motifs is 3. The van der Waals surface area contributed by atoms with Crippen molar-refractivity contribution >= 4 is 11.3 Å². The maximum atomic E-state index is 14.0. The van der Waals surface area contributed by atoms with E-state index in [2.05, 4.69) is 16.3 Å². The zero-order chi connectivity index (χ0) is 20.2. The van der Waals surface area contributed by atoms with Crippen molar-refractivity contribution in [2.45, 2.75) is 37.8 Å². The Balaban J connectivity index is 1.50. The van der Waals surface area contributed by atoms with Gasteiger partial charge in [0.25, 0.3) is 0 Å². The van der Waals surface area contributed by atoms with Crippen molar-refractivity contribution in [2.75, 3.05) is 24.6 Å². The van der Waals surface area contributed by atoms with Crippen LogP contribution >= 0.6 is 0 Å². The second-order valence-electron chi connectivity index (χ2n) is 7.79. The van der Waals surface area contributed by atoms with Crippen LogP contribution in [0.1, 0.15) is 36.7 Å². The molecule has 0 N–H and O–H groups in total. The number of aromatic nitrogens is 3. The summed E-state index contributed by atoms with van der Waals surface area (Å²) in [4.78, 5) is 1.83. The first kappa shape index (κ1) is 18.3. The molecule has 29 heavy (non-hydrogen) atoms. The molecule has 2 aliphatic heterocycles. The minimum atomic E-state index is -4.51. The maximum Gasteiger partial charge on any atom is 0.422 e. The third-order valence-electron chi connectivity index (χ3n) is 6.25. The lowest BCUT2D eigenvalue weighted by molar-refractivity contribution is -0.136. The molecule has 2 aromatic heterocycles. The van der Waals surface area contributed by atoms with E-state index >= 15 is 0 Å². The van der Waals surface area contributed by atoms with E-state index in [9.17, 15) is 13.2 Å². The minimum Gasteiger partial charge on any atom is -0.492 e. The number of benzene rings is 1. The third kappa shape index (κ3) is 2.76. The molecule has 0 bridgehead atoms. The van der Waals surface area contributed by atoms with Crippen LogP contribution in [-0.2, 0) is 18.0 Å². The van der Waals surface area contributed by atoms with Gasteiger partial charge in [-0.05, 0) is 25.0 Å². The van der Waals surface area contributed by atoms with Crippen molar-refractivity contribution in [3.63, 3.8) is 0 Å². The van der Waals surface area contributed by atoms with Crippen LogP contribution in [-0.4, -0.2) is 34.3 Å². The molecule has 1 aromatic carbocycles. The summed E-state index contributed by atoms with van der Waals surface area (Å²) in [5.41, 5.74) is 0.422. The molecule has 0 amide bonds. The third-order valence-corrected chi connectivity index (χ3v) is 6.25. The summed E-state index contributed by atoms with van der Waals surface area (Å²) in [7, 11) is 0. The lowest BCUT2D eigenvalue weighted by atomic mass is 9.74. The molecular weight excluding hydrogens is 381 g/mol. The summed E-state index contributed by atoms with van der Waals surface area (Å²) < 4.78 is 49.3. The van der Waals surface area contributed by atoms with Gasteiger partial charge in [-0.25, -0.2) is 0 Å². The largest absolute Gasteiger partial charge is 0.492 e. The molecule has 0 atom stereocenters. The van der Waals surface area contributed by atoms with Gasteiger partial charge in [0.15, 0.2) is 5.65 Å². The van der Waals surface area contributed by atoms with Crippen LogP contribution in [0, 0.1) is 0 Å². The number of hydrogen-bond acceptors (Lipinski definition) is 4. The summed E-state index contributed by atoms with van der Waals surface area (Å²) >= 11 is 0. The number of rotatable bonds is 2. The smallest absolute Gasteiger partial charge is 0.422 e. The van der Waals surface area contributed by atoms with Gasteiger partial charge in [-0.2, -0.15) is 13.2 Å². The van der Waals surface area contributed by atoms with Crippen LogP contribution < -0.4 is 9.64 Å². The van der Waals surface area contributed by atoms with Gasteiger partial charge in [0.2, 0.25) is 0 Å². The molecule has 4 heterocycles. The summed E-state index contributed by atoms with van der Waals surface area (Å²) in [6, 6.07) is 9.53. The van der Waals surface area contributed by atoms with Crippen molar-refractivity contribution in [3.05, 3.63) is 53.5 Å². The first-order chi connectivity index (χ1) is 13.9. The van der Waals surface area contributed by atoms with Crippen molar-refractivity contribution in [1.82, 2.24) is 14.6 Å². The topological polar surface area (TPSA) is 42.7 Å². The molecule has 8 heteroatoms. The average Bonchev–Trinajstić information content (AvgIpc) is 3.29. The van der Waals surface area contributed by atoms with Gasteiger partial charge in [-0.3, -0.25) is 4.40 Å². The molecule has 1 spiro atoms. The van der Waals surface area contributed by atoms with E-state index in [-0.39, 0.29) is 16.7 Å². The Morgan fingerprint density at radius 1 is 1.10 bits per heavy atom. The van der Waals surface area contributed by atoms with Crippen LogP contribution in [0.3, 0.4) is 0 Å². The molecule has 0 unspecified atom stereocenters. The van der Waals surface area contributed by atoms with Crippen LogP contribution in [0.25, 0.3) is 5.65 Å². The van der Waals surface area contributed by atoms with E-state index in [4.69, 9.17) is 4.74 Å². The van der Waals surface area contributed by atoms with Crippen molar-refractivity contribution in [3.8, 4) is 5.75 Å². The lowest BCUT2D eigenvalue weighted by Gasteiger charge is -2.40. The van der Waals surface area contributed by atoms with Crippen LogP contribution in [0.15, 0.2) is 36.5 Å². The van der Waals surface area contributed by atoms with E-state index in [1.54, 1.807) is 12.3 Å². The zero-order valence-electron chi connectivity index (χ0n) is 16.0. The minimum absolute atomic E-state index is 0.111. The number of aryl methyl sites for hydroxylation is 1. The van der Waals surface area contributed by atoms with E-state index in [0.29, 0.717) is 31.9 Å². The first-order valence-electron chi connectivity index (χ1n) is 9.84. The second kappa shape index (κ2) is 6.37. The molecule has 0 aliphatic carbocycles. The monoisotopic (exact) mass is 402 g/mol. The Morgan fingerprint density at radius 2 is 1.86 bits per heavy atom. The van der Waals surface area contributed by atoms with Gasteiger partial charge < -0.3 is 9.64 Å². The number of piperidine rings is 1. The van der Waals surface area contributed by atoms with Gasteiger partial charge in [0, 0.05) is 36.7 Å². The number of anilines is 1. The van der Waals surface area contributed by atoms with Gasteiger partial charge in [0.1, 0.15) is 17.1 Å². The standard InChI is InChI=1S/C21H21F3N4O/c1-2-17-25-26-19-18(21(22,23)24)15(7-10-28(17)19)27-11-8-20(9-12-27)13-29-16-6-4-3-5-14(16)20/h3-7,10H,2,8-9,11-13H2,1H3. The van der Waals surface area contributed by atoms with Gasteiger partial charge in [0.05, 0.1) is 12.3 Å². The normalized spacial score (nSPS) is 18.3. The van der Waals surface area contributed by atoms with E-state index < -0.39 is 11.7 Å². The molecular formula is C21H21F3N4O. The number of pyridine rings is 1. The van der Waals surface area contributed by atoms with Crippen molar-refractivity contribution in [1.29, 1.82) is 0 Å². The Kier molecular flexibility index (Phi) is 4.01. The van der Waals surface area contributed by atoms with Crippen molar-refractivity contribution in [2.24, 2.45) is 0 Å². The highest BCUT2D eigenvalue weighted by Gasteiger charge is 2.45. The SMILES string of the molecule is CCc1nnc2c(C(F)(F)F)c(N3CCC4(CC3)COc3ccccc34)ccn12. The Labute approximate surface area is 166 Å². The van der Waals surface area contributed by atoms with Crippen LogP contribution in [0.4, 0.5) is 18.9 Å². The second-order valence-corrected chi connectivity index (χ2v) is 7.79. The number of nitrogens with zero attached hydrogens (tertiary/aromatic N) is 4. The average molecular weight is 402 g/mol.